The highest BCUT2D eigenvalue weighted by Gasteiger charge is 2.48. The molecule has 0 radical (unpaired) electrons. The van der Waals surface area contributed by atoms with Gasteiger partial charge in [-0.2, -0.15) is 26.3 Å². The molecule has 0 spiro atoms. The summed E-state index contributed by atoms with van der Waals surface area (Å²) in [5, 5.41) is 2.70. The second-order valence-corrected chi connectivity index (χ2v) is 8.33. The Hall–Kier alpha value is -1.77. The zero-order valence-electron chi connectivity index (χ0n) is 16.5. The van der Waals surface area contributed by atoms with Crippen molar-refractivity contribution < 1.29 is 31.1 Å². The Morgan fingerprint density at radius 2 is 1.57 bits per heavy atom. The molecule has 168 valence electrons. The summed E-state index contributed by atoms with van der Waals surface area (Å²) in [7, 11) is 0. The predicted octanol–water partition coefficient (Wildman–Crippen LogP) is 5.07. The molecule has 1 amide bonds. The molecule has 1 aliphatic carbocycles. The molecule has 0 aromatic heterocycles. The van der Waals surface area contributed by atoms with Crippen molar-refractivity contribution >= 4 is 5.91 Å². The van der Waals surface area contributed by atoms with Gasteiger partial charge in [-0.3, -0.25) is 9.69 Å². The molecule has 2 atom stereocenters. The van der Waals surface area contributed by atoms with Gasteiger partial charge in [0.25, 0.3) is 0 Å². The van der Waals surface area contributed by atoms with Crippen molar-refractivity contribution in [1.29, 1.82) is 0 Å². The number of alkyl halides is 6. The first-order valence-corrected chi connectivity index (χ1v) is 10.3. The van der Waals surface area contributed by atoms with Crippen LogP contribution in [0.1, 0.15) is 44.1 Å². The van der Waals surface area contributed by atoms with Crippen LogP contribution < -0.4 is 5.32 Å². The molecular formula is C21H26F6N2O. The van der Waals surface area contributed by atoms with E-state index in [9.17, 15) is 31.1 Å². The summed E-state index contributed by atoms with van der Waals surface area (Å²) in [4.78, 5) is 13.9. The molecule has 0 bridgehead atoms. The van der Waals surface area contributed by atoms with Gasteiger partial charge in [-0.05, 0) is 50.6 Å². The third-order valence-electron chi connectivity index (χ3n) is 6.23. The number of carbonyl (C=O) groups excluding carboxylic acids is 1. The van der Waals surface area contributed by atoms with Crippen LogP contribution in [0.3, 0.4) is 0 Å². The average Bonchev–Trinajstić information content (AvgIpc) is 2.68. The van der Waals surface area contributed by atoms with Crippen molar-refractivity contribution in [2.45, 2.75) is 69.5 Å². The van der Waals surface area contributed by atoms with Crippen molar-refractivity contribution in [3.8, 4) is 0 Å². The summed E-state index contributed by atoms with van der Waals surface area (Å²) in [6, 6.07) is 6.75. The van der Waals surface area contributed by atoms with Crippen LogP contribution >= 0.6 is 0 Å². The van der Waals surface area contributed by atoms with Gasteiger partial charge in [0.05, 0.1) is 5.92 Å². The molecule has 30 heavy (non-hydrogen) atoms. The molecule has 2 aliphatic rings. The molecule has 1 aromatic rings. The summed E-state index contributed by atoms with van der Waals surface area (Å²) >= 11 is 0. The van der Waals surface area contributed by atoms with Gasteiger partial charge in [0.2, 0.25) is 5.91 Å². The van der Waals surface area contributed by atoms with Crippen LogP contribution in [0.15, 0.2) is 30.3 Å². The lowest BCUT2D eigenvalue weighted by molar-refractivity contribution is -0.197. The number of hydrogen-bond acceptors (Lipinski definition) is 2. The van der Waals surface area contributed by atoms with Gasteiger partial charge in [0.15, 0.2) is 0 Å². The molecule has 2 unspecified atom stereocenters. The van der Waals surface area contributed by atoms with Crippen LogP contribution in [-0.4, -0.2) is 41.8 Å². The second-order valence-electron chi connectivity index (χ2n) is 8.33. The van der Waals surface area contributed by atoms with Crippen molar-refractivity contribution in [1.82, 2.24) is 10.2 Å². The monoisotopic (exact) mass is 436 g/mol. The number of rotatable bonds is 4. The summed E-state index contributed by atoms with van der Waals surface area (Å²) in [5.41, 5.74) is 0.774. The molecule has 1 heterocycles. The van der Waals surface area contributed by atoms with Crippen LogP contribution in [0.25, 0.3) is 0 Å². The normalized spacial score (nSPS) is 28.9. The quantitative estimate of drug-likeness (QED) is 0.669. The Morgan fingerprint density at radius 1 is 0.933 bits per heavy atom. The molecule has 3 rings (SSSR count). The highest BCUT2D eigenvalue weighted by Crippen LogP contribution is 2.38. The van der Waals surface area contributed by atoms with Gasteiger partial charge in [-0.15, -0.1) is 0 Å². The van der Waals surface area contributed by atoms with Crippen LogP contribution in [0.4, 0.5) is 26.3 Å². The number of nitrogens with zero attached hydrogens (tertiary/aromatic N) is 1. The van der Waals surface area contributed by atoms with Gasteiger partial charge in [0.1, 0.15) is 6.04 Å². The fourth-order valence-corrected chi connectivity index (χ4v) is 4.48. The standard InChI is InChI=1S/C21H26F6N2O/c22-20(23,24)16-6-8-17(9-7-16)28-19(30)15-10-11-29(18(12-15)21(25,26)27)13-14-4-2-1-3-5-14/h1-5,15-18H,6-13H2,(H,28,30). The SMILES string of the molecule is O=C(NC1CCC(C(F)(F)F)CC1)C1CCN(Cc2ccccc2)C(C(F)(F)F)C1. The third-order valence-corrected chi connectivity index (χ3v) is 6.23. The van der Waals surface area contributed by atoms with E-state index < -0.39 is 42.2 Å². The summed E-state index contributed by atoms with van der Waals surface area (Å²) in [6.45, 7) is 0.290. The summed E-state index contributed by atoms with van der Waals surface area (Å²) in [5.74, 6) is -2.62. The number of hydrogen-bond donors (Lipinski definition) is 1. The Morgan fingerprint density at radius 3 is 2.13 bits per heavy atom. The first-order chi connectivity index (χ1) is 14.0. The maximum Gasteiger partial charge on any atom is 0.404 e. The van der Waals surface area contributed by atoms with E-state index in [0.717, 1.165) is 5.56 Å². The lowest BCUT2D eigenvalue weighted by atomic mass is 9.84. The molecule has 1 saturated carbocycles. The van der Waals surface area contributed by atoms with Gasteiger partial charge < -0.3 is 5.32 Å². The number of carbonyl (C=O) groups is 1. The number of benzene rings is 1. The fraction of sp³-hybridized carbons (Fsp3) is 0.667. The van der Waals surface area contributed by atoms with E-state index in [-0.39, 0.29) is 45.2 Å². The van der Waals surface area contributed by atoms with E-state index >= 15 is 0 Å². The molecule has 1 saturated heterocycles. The first kappa shape index (κ1) is 22.9. The number of likely N-dealkylation sites (tertiary alicyclic amines) is 1. The van der Waals surface area contributed by atoms with Crippen LogP contribution in [0, 0.1) is 11.8 Å². The number of amides is 1. The van der Waals surface area contributed by atoms with Crippen molar-refractivity contribution in [3.63, 3.8) is 0 Å². The fourth-order valence-electron chi connectivity index (χ4n) is 4.48. The van der Waals surface area contributed by atoms with E-state index in [1.54, 1.807) is 30.3 Å². The smallest absolute Gasteiger partial charge is 0.353 e. The van der Waals surface area contributed by atoms with Gasteiger partial charge in [-0.1, -0.05) is 30.3 Å². The molecule has 1 aromatic carbocycles. The highest BCUT2D eigenvalue weighted by molar-refractivity contribution is 5.79. The molecular weight excluding hydrogens is 410 g/mol. The number of halogens is 6. The summed E-state index contributed by atoms with van der Waals surface area (Å²) in [6.07, 6.45) is -8.45. The first-order valence-electron chi connectivity index (χ1n) is 10.3. The lowest BCUT2D eigenvalue weighted by Gasteiger charge is -2.40. The Bertz CT molecular complexity index is 698. The Labute approximate surface area is 171 Å². The van der Waals surface area contributed by atoms with E-state index in [1.807, 2.05) is 0 Å². The topological polar surface area (TPSA) is 32.3 Å². The number of nitrogens with one attached hydrogen (secondary N) is 1. The predicted molar refractivity (Wildman–Crippen MR) is 99.4 cm³/mol. The second kappa shape index (κ2) is 9.16. The minimum atomic E-state index is -4.46. The lowest BCUT2D eigenvalue weighted by Crippen LogP contribution is -2.53. The molecule has 3 nitrogen and oxygen atoms in total. The Balaban J connectivity index is 1.56. The summed E-state index contributed by atoms with van der Waals surface area (Å²) < 4.78 is 79.3. The van der Waals surface area contributed by atoms with Crippen molar-refractivity contribution in [3.05, 3.63) is 35.9 Å². The average molecular weight is 436 g/mol. The van der Waals surface area contributed by atoms with E-state index in [2.05, 4.69) is 5.32 Å². The van der Waals surface area contributed by atoms with E-state index in [1.165, 1.54) is 4.90 Å². The minimum absolute atomic E-state index is 0.0604. The molecule has 9 heteroatoms. The Kier molecular flexibility index (Phi) is 6.99. The maximum atomic E-state index is 13.7. The van der Waals surface area contributed by atoms with Crippen LogP contribution in [0.5, 0.6) is 0 Å². The highest BCUT2D eigenvalue weighted by atomic mass is 19.4. The third kappa shape index (κ3) is 5.89. The van der Waals surface area contributed by atoms with E-state index in [0.29, 0.717) is 6.42 Å². The minimum Gasteiger partial charge on any atom is -0.353 e. The largest absolute Gasteiger partial charge is 0.404 e. The maximum absolute atomic E-state index is 13.7. The van der Waals surface area contributed by atoms with Gasteiger partial charge in [-0.25, -0.2) is 0 Å². The molecule has 1 N–H and O–H groups in total. The van der Waals surface area contributed by atoms with Gasteiger partial charge in [0, 0.05) is 18.5 Å². The number of piperidine rings is 1. The van der Waals surface area contributed by atoms with Crippen LogP contribution in [0.2, 0.25) is 0 Å². The zero-order chi connectivity index (χ0) is 21.9. The molecule has 1 aliphatic heterocycles. The van der Waals surface area contributed by atoms with Crippen LogP contribution in [-0.2, 0) is 11.3 Å². The van der Waals surface area contributed by atoms with E-state index in [4.69, 9.17) is 0 Å². The van der Waals surface area contributed by atoms with Crippen molar-refractivity contribution in [2.24, 2.45) is 11.8 Å². The molecule has 2 fully saturated rings. The van der Waals surface area contributed by atoms with Gasteiger partial charge >= 0.3 is 12.4 Å². The van der Waals surface area contributed by atoms with Crippen molar-refractivity contribution in [2.75, 3.05) is 6.54 Å². The zero-order valence-corrected chi connectivity index (χ0v) is 16.5.